The van der Waals surface area contributed by atoms with Crippen molar-refractivity contribution >= 4 is 11.9 Å². The predicted molar refractivity (Wildman–Crippen MR) is 71.9 cm³/mol. The molecule has 1 amide bonds. The maximum atomic E-state index is 11.6. The molecule has 1 fully saturated rings. The Hall–Kier alpha value is -1.10. The molecular weight excluding hydrogens is 246 g/mol. The van der Waals surface area contributed by atoms with E-state index in [9.17, 15) is 14.7 Å². The highest BCUT2D eigenvalue weighted by Crippen LogP contribution is 2.34. The van der Waals surface area contributed by atoms with E-state index in [0.29, 0.717) is 19.4 Å². The Morgan fingerprint density at radius 1 is 1.21 bits per heavy atom. The highest BCUT2D eigenvalue weighted by atomic mass is 16.5. The lowest BCUT2D eigenvalue weighted by atomic mass is 9.80. The van der Waals surface area contributed by atoms with Crippen LogP contribution in [-0.4, -0.2) is 36.7 Å². The molecule has 1 rings (SSSR count). The van der Waals surface area contributed by atoms with Crippen molar-refractivity contribution < 1.29 is 19.4 Å². The molecule has 110 valence electrons. The van der Waals surface area contributed by atoms with E-state index in [0.717, 1.165) is 32.1 Å². The van der Waals surface area contributed by atoms with Crippen LogP contribution >= 0.6 is 0 Å². The maximum absolute atomic E-state index is 11.6. The number of ether oxygens (including phenoxy) is 1. The molecule has 0 spiro atoms. The van der Waals surface area contributed by atoms with Crippen LogP contribution in [0.1, 0.15) is 51.9 Å². The van der Waals surface area contributed by atoms with E-state index in [1.807, 2.05) is 6.92 Å². The first-order valence-corrected chi connectivity index (χ1v) is 7.18. The Morgan fingerprint density at radius 3 is 2.37 bits per heavy atom. The van der Waals surface area contributed by atoms with E-state index in [4.69, 9.17) is 4.74 Å². The number of carboxylic acids is 1. The van der Waals surface area contributed by atoms with Gasteiger partial charge in [-0.05, 0) is 19.3 Å². The summed E-state index contributed by atoms with van der Waals surface area (Å²) in [6.45, 7) is 2.76. The standard InChI is InChI=1S/C14H25NO4/c1-2-9-19-10-12(16)15-11-14(13(17)18)7-5-3-4-6-8-14/h2-11H2,1H3,(H,15,16)(H,17,18). The van der Waals surface area contributed by atoms with E-state index >= 15 is 0 Å². The number of hydrogen-bond donors (Lipinski definition) is 2. The molecule has 1 aliphatic rings. The van der Waals surface area contributed by atoms with Crippen LogP contribution in [0.5, 0.6) is 0 Å². The van der Waals surface area contributed by atoms with Crippen molar-refractivity contribution in [2.75, 3.05) is 19.8 Å². The molecule has 1 saturated carbocycles. The Morgan fingerprint density at radius 2 is 1.84 bits per heavy atom. The second-order valence-electron chi connectivity index (χ2n) is 5.33. The molecule has 1 aliphatic carbocycles. The number of nitrogens with one attached hydrogen (secondary N) is 1. The summed E-state index contributed by atoms with van der Waals surface area (Å²) in [6.07, 6.45) is 6.19. The molecule has 5 heteroatoms. The molecule has 0 aromatic carbocycles. The van der Waals surface area contributed by atoms with E-state index in [1.165, 1.54) is 0 Å². The average molecular weight is 271 g/mol. The first kappa shape index (κ1) is 16.0. The van der Waals surface area contributed by atoms with Crippen LogP contribution < -0.4 is 5.32 Å². The maximum Gasteiger partial charge on any atom is 0.311 e. The van der Waals surface area contributed by atoms with Gasteiger partial charge in [0.15, 0.2) is 0 Å². The summed E-state index contributed by atoms with van der Waals surface area (Å²) < 4.78 is 5.14. The van der Waals surface area contributed by atoms with E-state index in [2.05, 4.69) is 5.32 Å². The first-order chi connectivity index (χ1) is 9.10. The number of aliphatic carboxylic acids is 1. The van der Waals surface area contributed by atoms with Crippen molar-refractivity contribution in [3.63, 3.8) is 0 Å². The minimum absolute atomic E-state index is 0.0174. The molecule has 19 heavy (non-hydrogen) atoms. The van der Waals surface area contributed by atoms with Gasteiger partial charge in [-0.25, -0.2) is 0 Å². The van der Waals surface area contributed by atoms with Crippen molar-refractivity contribution in [2.45, 2.75) is 51.9 Å². The molecule has 0 radical (unpaired) electrons. The predicted octanol–water partition coefficient (Wildman–Crippen LogP) is 1.95. The molecule has 5 nitrogen and oxygen atoms in total. The van der Waals surface area contributed by atoms with Gasteiger partial charge in [0.1, 0.15) is 6.61 Å². The lowest BCUT2D eigenvalue weighted by molar-refractivity contribution is -0.150. The zero-order valence-electron chi connectivity index (χ0n) is 11.7. The normalized spacial score (nSPS) is 18.6. The molecule has 0 atom stereocenters. The molecule has 0 aromatic heterocycles. The molecular formula is C14H25NO4. The number of carboxylic acid groups (broad SMARTS) is 1. The fourth-order valence-electron chi connectivity index (χ4n) is 2.50. The largest absolute Gasteiger partial charge is 0.481 e. The first-order valence-electron chi connectivity index (χ1n) is 7.18. The molecule has 2 N–H and O–H groups in total. The smallest absolute Gasteiger partial charge is 0.311 e. The van der Waals surface area contributed by atoms with Gasteiger partial charge in [0, 0.05) is 13.2 Å². The molecule has 0 saturated heterocycles. The molecule has 0 aromatic rings. The third-order valence-electron chi connectivity index (χ3n) is 3.72. The Balaban J connectivity index is 2.45. The Bertz CT molecular complexity index is 296. The minimum atomic E-state index is -0.788. The van der Waals surface area contributed by atoms with Gasteiger partial charge >= 0.3 is 5.97 Å². The van der Waals surface area contributed by atoms with Gasteiger partial charge in [-0.2, -0.15) is 0 Å². The van der Waals surface area contributed by atoms with Crippen molar-refractivity contribution in [2.24, 2.45) is 5.41 Å². The summed E-state index contributed by atoms with van der Waals surface area (Å²) in [6, 6.07) is 0. The van der Waals surface area contributed by atoms with Crippen LogP contribution in [0.25, 0.3) is 0 Å². The van der Waals surface area contributed by atoms with Gasteiger partial charge in [0.25, 0.3) is 0 Å². The summed E-state index contributed by atoms with van der Waals surface area (Å²) in [5, 5.41) is 12.2. The van der Waals surface area contributed by atoms with Crippen LogP contribution in [-0.2, 0) is 14.3 Å². The van der Waals surface area contributed by atoms with Crippen LogP contribution in [0.4, 0.5) is 0 Å². The van der Waals surface area contributed by atoms with Crippen LogP contribution in [0, 0.1) is 5.41 Å². The summed E-state index contributed by atoms with van der Waals surface area (Å²) in [5.74, 6) is -1.01. The van der Waals surface area contributed by atoms with Gasteiger partial charge in [-0.1, -0.05) is 32.6 Å². The minimum Gasteiger partial charge on any atom is -0.481 e. The van der Waals surface area contributed by atoms with Gasteiger partial charge < -0.3 is 15.2 Å². The average Bonchev–Trinajstić information content (AvgIpc) is 2.63. The highest BCUT2D eigenvalue weighted by Gasteiger charge is 2.38. The summed E-state index contributed by atoms with van der Waals surface area (Å²) in [7, 11) is 0. The quantitative estimate of drug-likeness (QED) is 0.548. The fraction of sp³-hybridized carbons (Fsp3) is 0.857. The van der Waals surface area contributed by atoms with Crippen LogP contribution in [0.3, 0.4) is 0 Å². The number of carbonyl (C=O) groups is 2. The molecule has 0 unspecified atom stereocenters. The van der Waals surface area contributed by atoms with Crippen molar-refractivity contribution in [1.82, 2.24) is 5.32 Å². The SMILES string of the molecule is CCCOCC(=O)NCC1(C(=O)O)CCCCCC1. The monoisotopic (exact) mass is 271 g/mol. The third-order valence-corrected chi connectivity index (χ3v) is 3.72. The second-order valence-corrected chi connectivity index (χ2v) is 5.33. The summed E-state index contributed by atoms with van der Waals surface area (Å²) >= 11 is 0. The van der Waals surface area contributed by atoms with Gasteiger partial charge in [-0.15, -0.1) is 0 Å². The topological polar surface area (TPSA) is 75.6 Å². The molecule has 0 heterocycles. The van der Waals surface area contributed by atoms with Crippen LogP contribution in [0.15, 0.2) is 0 Å². The van der Waals surface area contributed by atoms with Crippen LogP contribution in [0.2, 0.25) is 0 Å². The van der Waals surface area contributed by atoms with E-state index < -0.39 is 11.4 Å². The zero-order chi connectivity index (χ0) is 14.1. The van der Waals surface area contributed by atoms with Gasteiger partial charge in [-0.3, -0.25) is 9.59 Å². The lowest BCUT2D eigenvalue weighted by Gasteiger charge is -2.28. The van der Waals surface area contributed by atoms with Gasteiger partial charge in [0.05, 0.1) is 5.41 Å². The zero-order valence-corrected chi connectivity index (χ0v) is 11.7. The van der Waals surface area contributed by atoms with Crippen molar-refractivity contribution in [1.29, 1.82) is 0 Å². The second kappa shape index (κ2) is 8.15. The van der Waals surface area contributed by atoms with Crippen molar-refractivity contribution in [3.8, 4) is 0 Å². The van der Waals surface area contributed by atoms with E-state index in [1.54, 1.807) is 0 Å². The third kappa shape index (κ3) is 5.19. The lowest BCUT2D eigenvalue weighted by Crippen LogP contribution is -2.43. The van der Waals surface area contributed by atoms with Crippen molar-refractivity contribution in [3.05, 3.63) is 0 Å². The number of amides is 1. The number of hydrogen-bond acceptors (Lipinski definition) is 3. The number of rotatable bonds is 7. The Kier molecular flexibility index (Phi) is 6.84. The summed E-state index contributed by atoms with van der Waals surface area (Å²) in [4.78, 5) is 23.1. The molecule has 0 bridgehead atoms. The van der Waals surface area contributed by atoms with Gasteiger partial charge in [0.2, 0.25) is 5.91 Å². The molecule has 0 aliphatic heterocycles. The van der Waals surface area contributed by atoms with E-state index in [-0.39, 0.29) is 19.1 Å². The highest BCUT2D eigenvalue weighted by molar-refractivity contribution is 5.79. The number of carbonyl (C=O) groups excluding carboxylic acids is 1. The fourth-order valence-corrected chi connectivity index (χ4v) is 2.50. The summed E-state index contributed by atoms with van der Waals surface area (Å²) in [5.41, 5.74) is -0.781. The Labute approximate surface area is 114 Å².